The van der Waals surface area contributed by atoms with Gasteiger partial charge in [-0.25, -0.2) is 8.42 Å². The zero-order chi connectivity index (χ0) is 14.3. The van der Waals surface area contributed by atoms with E-state index in [0.29, 0.717) is 25.7 Å². The Balaban J connectivity index is 2.36. The summed E-state index contributed by atoms with van der Waals surface area (Å²) in [6, 6.07) is 0.552. The van der Waals surface area contributed by atoms with Gasteiger partial charge in [-0.1, -0.05) is 13.8 Å². The van der Waals surface area contributed by atoms with Crippen LogP contribution in [0.2, 0.25) is 0 Å². The second-order valence-corrected chi connectivity index (χ2v) is 7.35. The zero-order valence-electron chi connectivity index (χ0n) is 12.6. The van der Waals surface area contributed by atoms with Crippen LogP contribution in [0.1, 0.15) is 33.6 Å². The number of nitrogens with zero attached hydrogens (tertiary/aromatic N) is 2. The van der Waals surface area contributed by atoms with E-state index in [1.54, 1.807) is 4.31 Å². The normalized spacial score (nSPS) is 20.6. The Morgan fingerprint density at radius 3 is 2.26 bits per heavy atom. The minimum Gasteiger partial charge on any atom is -0.316 e. The van der Waals surface area contributed by atoms with Crippen LogP contribution >= 0.6 is 0 Å². The molecule has 0 saturated carbocycles. The van der Waals surface area contributed by atoms with Crippen molar-refractivity contribution >= 4 is 10.0 Å². The third-order valence-electron chi connectivity index (χ3n) is 3.84. The van der Waals surface area contributed by atoms with Crippen LogP contribution in [-0.4, -0.2) is 68.7 Å². The van der Waals surface area contributed by atoms with Crippen molar-refractivity contribution in [1.82, 2.24) is 14.5 Å². The van der Waals surface area contributed by atoms with Gasteiger partial charge in [-0.2, -0.15) is 4.31 Å². The molecule has 19 heavy (non-hydrogen) atoms. The SMILES string of the molecule is CCCNCCS(=O)(=O)N1CCN(C(C)CC)CC1. The van der Waals surface area contributed by atoms with Crippen LogP contribution in [0.5, 0.6) is 0 Å². The fourth-order valence-electron chi connectivity index (χ4n) is 2.31. The van der Waals surface area contributed by atoms with Crippen LogP contribution in [0.3, 0.4) is 0 Å². The number of hydrogen-bond donors (Lipinski definition) is 1. The molecule has 0 aromatic carbocycles. The maximum absolute atomic E-state index is 12.2. The van der Waals surface area contributed by atoms with Gasteiger partial charge in [0.25, 0.3) is 0 Å². The standard InChI is InChI=1S/C13H29N3O2S/c1-4-6-14-7-12-19(17,18)16-10-8-15(9-11-16)13(3)5-2/h13-14H,4-12H2,1-3H3. The molecule has 0 amide bonds. The lowest BCUT2D eigenvalue weighted by molar-refractivity contribution is 0.142. The number of rotatable bonds is 8. The van der Waals surface area contributed by atoms with E-state index in [4.69, 9.17) is 0 Å². The minimum absolute atomic E-state index is 0.219. The molecule has 1 heterocycles. The zero-order valence-corrected chi connectivity index (χ0v) is 13.4. The topological polar surface area (TPSA) is 52.7 Å². The summed E-state index contributed by atoms with van der Waals surface area (Å²) in [5.74, 6) is 0.219. The smallest absolute Gasteiger partial charge is 0.215 e. The molecule has 1 aliphatic heterocycles. The molecule has 0 aliphatic carbocycles. The van der Waals surface area contributed by atoms with E-state index in [-0.39, 0.29) is 5.75 Å². The molecular weight excluding hydrogens is 262 g/mol. The highest BCUT2D eigenvalue weighted by molar-refractivity contribution is 7.89. The highest BCUT2D eigenvalue weighted by Gasteiger charge is 2.27. The molecule has 1 N–H and O–H groups in total. The monoisotopic (exact) mass is 291 g/mol. The second-order valence-electron chi connectivity index (χ2n) is 5.26. The van der Waals surface area contributed by atoms with E-state index in [0.717, 1.165) is 32.5 Å². The predicted octanol–water partition coefficient (Wildman–Crippen LogP) is 0.732. The Bertz CT molecular complexity index is 338. The summed E-state index contributed by atoms with van der Waals surface area (Å²) < 4.78 is 26.0. The van der Waals surface area contributed by atoms with Crippen LogP contribution in [-0.2, 0) is 10.0 Å². The third kappa shape index (κ3) is 5.38. The third-order valence-corrected chi connectivity index (χ3v) is 5.72. The molecule has 0 aromatic heterocycles. The average Bonchev–Trinajstić information content (AvgIpc) is 2.43. The first kappa shape index (κ1) is 16.9. The maximum atomic E-state index is 12.2. The molecule has 114 valence electrons. The van der Waals surface area contributed by atoms with Crippen molar-refractivity contribution in [3.05, 3.63) is 0 Å². The number of hydrogen-bond acceptors (Lipinski definition) is 4. The Morgan fingerprint density at radius 1 is 1.11 bits per heavy atom. The highest BCUT2D eigenvalue weighted by Crippen LogP contribution is 2.11. The minimum atomic E-state index is -3.08. The van der Waals surface area contributed by atoms with Gasteiger partial charge in [0.05, 0.1) is 5.75 Å². The molecule has 1 rings (SSSR count). The molecule has 0 spiro atoms. The fourth-order valence-corrected chi connectivity index (χ4v) is 3.69. The summed E-state index contributed by atoms with van der Waals surface area (Å²) in [6.45, 7) is 10.9. The van der Waals surface area contributed by atoms with Crippen LogP contribution in [0.4, 0.5) is 0 Å². The predicted molar refractivity (Wildman–Crippen MR) is 79.8 cm³/mol. The molecule has 6 heteroatoms. The summed E-state index contributed by atoms with van der Waals surface area (Å²) in [7, 11) is -3.08. The number of nitrogens with one attached hydrogen (secondary N) is 1. The largest absolute Gasteiger partial charge is 0.316 e. The van der Waals surface area contributed by atoms with E-state index in [1.165, 1.54) is 0 Å². The van der Waals surface area contributed by atoms with Crippen molar-refractivity contribution in [3.63, 3.8) is 0 Å². The summed E-state index contributed by atoms with van der Waals surface area (Å²) >= 11 is 0. The van der Waals surface area contributed by atoms with Crippen molar-refractivity contribution < 1.29 is 8.42 Å². The Kier molecular flexibility index (Phi) is 7.28. The Morgan fingerprint density at radius 2 is 1.74 bits per heavy atom. The quantitative estimate of drug-likeness (QED) is 0.670. The van der Waals surface area contributed by atoms with Crippen LogP contribution in [0.15, 0.2) is 0 Å². The molecular formula is C13H29N3O2S. The second kappa shape index (κ2) is 8.19. The van der Waals surface area contributed by atoms with Crippen molar-refractivity contribution in [2.45, 2.75) is 39.7 Å². The van der Waals surface area contributed by atoms with E-state index in [2.05, 4.69) is 31.0 Å². The van der Waals surface area contributed by atoms with Crippen molar-refractivity contribution in [1.29, 1.82) is 0 Å². The lowest BCUT2D eigenvalue weighted by Gasteiger charge is -2.37. The van der Waals surface area contributed by atoms with Crippen molar-refractivity contribution in [2.24, 2.45) is 0 Å². The van der Waals surface area contributed by atoms with Gasteiger partial charge < -0.3 is 5.32 Å². The van der Waals surface area contributed by atoms with Gasteiger partial charge in [0.15, 0.2) is 0 Å². The molecule has 0 aromatic rings. The van der Waals surface area contributed by atoms with Gasteiger partial charge in [-0.05, 0) is 26.3 Å². The van der Waals surface area contributed by atoms with E-state index >= 15 is 0 Å². The molecule has 0 bridgehead atoms. The van der Waals surface area contributed by atoms with Gasteiger partial charge in [0.1, 0.15) is 0 Å². The lowest BCUT2D eigenvalue weighted by atomic mass is 10.2. The molecule has 1 atom stereocenters. The van der Waals surface area contributed by atoms with Crippen LogP contribution in [0, 0.1) is 0 Å². The summed E-state index contributed by atoms with van der Waals surface area (Å²) in [4.78, 5) is 2.38. The summed E-state index contributed by atoms with van der Waals surface area (Å²) in [5, 5.41) is 3.15. The molecule has 0 radical (unpaired) electrons. The first-order valence-corrected chi connectivity index (χ1v) is 9.04. The molecule has 1 aliphatic rings. The first-order chi connectivity index (χ1) is 9.01. The molecule has 5 nitrogen and oxygen atoms in total. The van der Waals surface area contributed by atoms with Gasteiger partial charge in [0.2, 0.25) is 10.0 Å². The van der Waals surface area contributed by atoms with Gasteiger partial charge in [0, 0.05) is 38.8 Å². The molecule has 1 unspecified atom stereocenters. The summed E-state index contributed by atoms with van der Waals surface area (Å²) in [6.07, 6.45) is 2.15. The maximum Gasteiger partial charge on any atom is 0.215 e. The van der Waals surface area contributed by atoms with Crippen molar-refractivity contribution in [3.8, 4) is 0 Å². The highest BCUT2D eigenvalue weighted by atomic mass is 32.2. The van der Waals surface area contributed by atoms with Crippen LogP contribution < -0.4 is 5.32 Å². The van der Waals surface area contributed by atoms with E-state index < -0.39 is 10.0 Å². The van der Waals surface area contributed by atoms with Gasteiger partial charge >= 0.3 is 0 Å². The molecule has 1 saturated heterocycles. The van der Waals surface area contributed by atoms with Gasteiger partial charge in [-0.3, -0.25) is 4.90 Å². The summed E-state index contributed by atoms with van der Waals surface area (Å²) in [5.41, 5.74) is 0. The van der Waals surface area contributed by atoms with Crippen LogP contribution in [0.25, 0.3) is 0 Å². The fraction of sp³-hybridized carbons (Fsp3) is 1.00. The Labute approximate surface area is 118 Å². The number of sulfonamides is 1. The lowest BCUT2D eigenvalue weighted by Crippen LogP contribution is -2.52. The molecule has 1 fully saturated rings. The van der Waals surface area contributed by atoms with E-state index in [9.17, 15) is 8.42 Å². The van der Waals surface area contributed by atoms with E-state index in [1.807, 2.05) is 0 Å². The van der Waals surface area contributed by atoms with Gasteiger partial charge in [-0.15, -0.1) is 0 Å². The first-order valence-electron chi connectivity index (χ1n) is 7.43. The average molecular weight is 291 g/mol. The Hall–Kier alpha value is -0.170. The van der Waals surface area contributed by atoms with Crippen molar-refractivity contribution in [2.75, 3.05) is 45.0 Å². The number of piperazine rings is 1.